The summed E-state index contributed by atoms with van der Waals surface area (Å²) in [6, 6.07) is 7.48. The van der Waals surface area contributed by atoms with Crippen molar-refractivity contribution in [1.29, 1.82) is 0 Å². The van der Waals surface area contributed by atoms with Crippen molar-refractivity contribution in [2.75, 3.05) is 6.26 Å². The number of pyridine rings is 1. The molecule has 0 unspecified atom stereocenters. The Kier molecular flexibility index (Phi) is 4.04. The van der Waals surface area contributed by atoms with Crippen LogP contribution < -0.4 is 0 Å². The van der Waals surface area contributed by atoms with Crippen molar-refractivity contribution in [3.63, 3.8) is 0 Å². The lowest BCUT2D eigenvalue weighted by molar-refractivity contribution is 0.892. The highest BCUT2D eigenvalue weighted by atomic mass is 35.5. The highest BCUT2D eigenvalue weighted by molar-refractivity contribution is 7.99. The molecule has 0 amide bonds. The van der Waals surface area contributed by atoms with Crippen LogP contribution >= 0.6 is 35.1 Å². The first-order valence-electron chi connectivity index (χ1n) is 4.45. The lowest BCUT2D eigenvalue weighted by Crippen LogP contribution is -1.89. The molecule has 2 aromatic heterocycles. The van der Waals surface area contributed by atoms with E-state index in [4.69, 9.17) is 11.6 Å². The maximum absolute atomic E-state index is 5.90. The first-order chi connectivity index (χ1) is 7.78. The number of aromatic nitrogens is 3. The summed E-state index contributed by atoms with van der Waals surface area (Å²) < 4.78 is 0. The molecular formula is C10H8ClN3S2. The van der Waals surface area contributed by atoms with Gasteiger partial charge < -0.3 is 0 Å². The van der Waals surface area contributed by atoms with Crippen molar-refractivity contribution in [2.45, 2.75) is 15.2 Å². The SMILES string of the molecule is CSc1nc(Cl)cc(Sc2ccccn2)n1. The van der Waals surface area contributed by atoms with E-state index in [1.54, 1.807) is 12.3 Å². The molecule has 0 fully saturated rings. The Labute approximate surface area is 107 Å². The zero-order valence-corrected chi connectivity index (χ0v) is 10.8. The van der Waals surface area contributed by atoms with E-state index >= 15 is 0 Å². The molecule has 0 N–H and O–H groups in total. The zero-order valence-electron chi connectivity index (χ0n) is 8.42. The van der Waals surface area contributed by atoms with Gasteiger partial charge in [-0.15, -0.1) is 0 Å². The Bertz CT molecular complexity index is 479. The minimum atomic E-state index is 0.456. The molecule has 0 bridgehead atoms. The van der Waals surface area contributed by atoms with Crippen LogP contribution in [0.15, 0.2) is 45.7 Å². The molecule has 82 valence electrons. The van der Waals surface area contributed by atoms with Crippen LogP contribution in [0.3, 0.4) is 0 Å². The van der Waals surface area contributed by atoms with E-state index in [-0.39, 0.29) is 0 Å². The topological polar surface area (TPSA) is 38.7 Å². The molecule has 0 radical (unpaired) electrons. The fourth-order valence-electron chi connectivity index (χ4n) is 1.04. The third-order valence-corrected chi connectivity index (χ3v) is 3.29. The van der Waals surface area contributed by atoms with Gasteiger partial charge in [-0.1, -0.05) is 29.4 Å². The van der Waals surface area contributed by atoms with Crippen LogP contribution in [-0.4, -0.2) is 21.2 Å². The van der Waals surface area contributed by atoms with Gasteiger partial charge in [-0.25, -0.2) is 15.0 Å². The molecule has 0 aliphatic heterocycles. The number of rotatable bonds is 3. The van der Waals surface area contributed by atoms with Gasteiger partial charge >= 0.3 is 0 Å². The molecular weight excluding hydrogens is 262 g/mol. The summed E-state index contributed by atoms with van der Waals surface area (Å²) in [7, 11) is 0. The maximum atomic E-state index is 5.90. The second kappa shape index (κ2) is 5.52. The Morgan fingerprint density at radius 3 is 2.75 bits per heavy atom. The van der Waals surface area contributed by atoms with Crippen LogP contribution in [0.1, 0.15) is 0 Å². The molecule has 0 aliphatic carbocycles. The molecule has 0 spiro atoms. The van der Waals surface area contributed by atoms with Crippen LogP contribution in [0.5, 0.6) is 0 Å². The van der Waals surface area contributed by atoms with Crippen molar-refractivity contribution in [3.8, 4) is 0 Å². The van der Waals surface area contributed by atoms with Gasteiger partial charge in [0.15, 0.2) is 5.16 Å². The van der Waals surface area contributed by atoms with Gasteiger partial charge in [-0.3, -0.25) is 0 Å². The Morgan fingerprint density at radius 1 is 1.19 bits per heavy atom. The maximum Gasteiger partial charge on any atom is 0.189 e. The molecule has 2 rings (SSSR count). The quantitative estimate of drug-likeness (QED) is 0.485. The van der Waals surface area contributed by atoms with Gasteiger partial charge in [0, 0.05) is 12.3 Å². The minimum absolute atomic E-state index is 0.456. The predicted octanol–water partition coefficient (Wildman–Crippen LogP) is 3.40. The highest BCUT2D eigenvalue weighted by Crippen LogP contribution is 2.26. The van der Waals surface area contributed by atoms with E-state index in [2.05, 4.69) is 15.0 Å². The van der Waals surface area contributed by atoms with E-state index in [9.17, 15) is 0 Å². The average molecular weight is 270 g/mol. The second-order valence-corrected chi connectivity index (χ2v) is 4.99. The van der Waals surface area contributed by atoms with E-state index in [0.29, 0.717) is 10.3 Å². The molecule has 6 heteroatoms. The molecule has 0 aromatic carbocycles. The van der Waals surface area contributed by atoms with Gasteiger partial charge in [0.1, 0.15) is 15.2 Å². The van der Waals surface area contributed by atoms with E-state index in [1.807, 2.05) is 24.5 Å². The molecule has 0 atom stereocenters. The van der Waals surface area contributed by atoms with Crippen molar-refractivity contribution >= 4 is 35.1 Å². The normalized spacial score (nSPS) is 10.4. The summed E-state index contributed by atoms with van der Waals surface area (Å²) in [4.78, 5) is 12.6. The summed E-state index contributed by atoms with van der Waals surface area (Å²) in [6.45, 7) is 0. The van der Waals surface area contributed by atoms with E-state index in [0.717, 1.165) is 10.1 Å². The average Bonchev–Trinajstić information content (AvgIpc) is 2.29. The van der Waals surface area contributed by atoms with E-state index < -0.39 is 0 Å². The summed E-state index contributed by atoms with van der Waals surface area (Å²) in [6.07, 6.45) is 3.67. The first-order valence-corrected chi connectivity index (χ1v) is 6.87. The van der Waals surface area contributed by atoms with Crippen LogP contribution in [0.25, 0.3) is 0 Å². The summed E-state index contributed by atoms with van der Waals surface area (Å²) in [5.74, 6) is 0. The third kappa shape index (κ3) is 3.10. The van der Waals surface area contributed by atoms with Crippen molar-refractivity contribution in [1.82, 2.24) is 15.0 Å². The van der Waals surface area contributed by atoms with Crippen molar-refractivity contribution in [2.24, 2.45) is 0 Å². The van der Waals surface area contributed by atoms with Gasteiger partial charge in [-0.2, -0.15) is 0 Å². The number of thioether (sulfide) groups is 1. The summed E-state index contributed by atoms with van der Waals surface area (Å²) in [5.41, 5.74) is 0. The smallest absolute Gasteiger partial charge is 0.189 e. The number of nitrogens with zero attached hydrogens (tertiary/aromatic N) is 3. The Hall–Kier alpha value is -0.780. The third-order valence-electron chi connectivity index (χ3n) is 1.68. The van der Waals surface area contributed by atoms with Gasteiger partial charge in [0.05, 0.1) is 0 Å². The van der Waals surface area contributed by atoms with E-state index in [1.165, 1.54) is 23.5 Å². The van der Waals surface area contributed by atoms with Crippen LogP contribution in [-0.2, 0) is 0 Å². The van der Waals surface area contributed by atoms with Crippen LogP contribution in [0, 0.1) is 0 Å². The van der Waals surface area contributed by atoms with Gasteiger partial charge in [0.25, 0.3) is 0 Å². The highest BCUT2D eigenvalue weighted by Gasteiger charge is 2.04. The molecule has 3 nitrogen and oxygen atoms in total. The first kappa shape index (κ1) is 11.7. The van der Waals surface area contributed by atoms with Gasteiger partial charge in [-0.05, 0) is 30.2 Å². The lowest BCUT2D eigenvalue weighted by atomic mass is 10.5. The molecule has 0 saturated heterocycles. The van der Waals surface area contributed by atoms with Crippen molar-refractivity contribution < 1.29 is 0 Å². The van der Waals surface area contributed by atoms with Crippen molar-refractivity contribution in [3.05, 3.63) is 35.6 Å². The molecule has 2 aromatic rings. The minimum Gasteiger partial charge on any atom is -0.250 e. The standard InChI is InChI=1S/C10H8ClN3S2/c1-15-10-13-7(11)6-9(14-10)16-8-4-2-3-5-12-8/h2-6H,1H3. The molecule has 16 heavy (non-hydrogen) atoms. The fraction of sp³-hybridized carbons (Fsp3) is 0.100. The van der Waals surface area contributed by atoms with Gasteiger partial charge in [0.2, 0.25) is 0 Å². The summed E-state index contributed by atoms with van der Waals surface area (Å²) >= 11 is 8.84. The number of hydrogen-bond donors (Lipinski definition) is 0. The Morgan fingerprint density at radius 2 is 2.06 bits per heavy atom. The molecule has 0 aliphatic rings. The fourth-order valence-corrected chi connectivity index (χ4v) is 2.55. The summed E-state index contributed by atoms with van der Waals surface area (Å²) in [5, 5.41) is 2.83. The molecule has 0 saturated carbocycles. The largest absolute Gasteiger partial charge is 0.250 e. The lowest BCUT2D eigenvalue weighted by Gasteiger charge is -2.02. The number of hydrogen-bond acceptors (Lipinski definition) is 5. The second-order valence-electron chi connectivity index (χ2n) is 2.79. The molecule has 2 heterocycles. The van der Waals surface area contributed by atoms with Crippen LogP contribution in [0.4, 0.5) is 0 Å². The predicted molar refractivity (Wildman–Crippen MR) is 67.2 cm³/mol. The number of halogens is 1. The Balaban J connectivity index is 2.24. The monoisotopic (exact) mass is 269 g/mol. The zero-order chi connectivity index (χ0) is 11.4. The van der Waals surface area contributed by atoms with Crippen LogP contribution in [0.2, 0.25) is 5.15 Å².